The third-order valence-electron chi connectivity index (χ3n) is 1.24. The molecule has 66 valence electrons. The first-order valence-corrected chi connectivity index (χ1v) is 4.03. The van der Waals surface area contributed by atoms with Crippen molar-refractivity contribution in [3.8, 4) is 0 Å². The van der Waals surface area contributed by atoms with E-state index in [1.165, 1.54) is 12.3 Å². The average Bonchev–Trinajstić information content (AvgIpc) is 2.47. The monoisotopic (exact) mass is 188 g/mol. The molecule has 1 aromatic heterocycles. The minimum absolute atomic E-state index is 0.0742. The molecule has 0 aliphatic carbocycles. The van der Waals surface area contributed by atoms with Crippen LogP contribution in [0.25, 0.3) is 0 Å². The van der Waals surface area contributed by atoms with Gasteiger partial charge in [-0.2, -0.15) is 0 Å². The molecular weight excluding hydrogens is 180 g/mol. The number of halogens is 1. The van der Waals surface area contributed by atoms with E-state index >= 15 is 0 Å². The Morgan fingerprint density at radius 2 is 2.50 bits per heavy atom. The molecule has 0 saturated carbocycles. The molecule has 0 spiro atoms. The zero-order chi connectivity index (χ0) is 8.97. The highest BCUT2D eigenvalue weighted by molar-refractivity contribution is 6.33. The minimum atomic E-state index is -0.508. The first-order valence-electron chi connectivity index (χ1n) is 3.65. The summed E-state index contributed by atoms with van der Waals surface area (Å²) in [6, 6.07) is 1.50. The van der Waals surface area contributed by atoms with Gasteiger partial charge in [0.15, 0.2) is 0 Å². The second-order valence-corrected chi connectivity index (χ2v) is 2.64. The molecule has 1 rings (SSSR count). The summed E-state index contributed by atoms with van der Waals surface area (Å²) in [7, 11) is 0. The van der Waals surface area contributed by atoms with Crippen molar-refractivity contribution >= 4 is 17.6 Å². The molecule has 12 heavy (non-hydrogen) atoms. The summed E-state index contributed by atoms with van der Waals surface area (Å²) in [6.07, 6.45) is 2.13. The van der Waals surface area contributed by atoms with Gasteiger partial charge in [0.1, 0.15) is 0 Å². The van der Waals surface area contributed by atoms with Gasteiger partial charge in [-0.3, -0.25) is 0 Å². The molecular formula is C8H9ClO3. The molecule has 0 N–H and O–H groups in total. The zero-order valence-corrected chi connectivity index (χ0v) is 7.43. The number of rotatable bonds is 3. The van der Waals surface area contributed by atoms with E-state index in [0.717, 1.165) is 6.42 Å². The number of carbonyl (C=O) groups is 1. The summed E-state index contributed by atoms with van der Waals surface area (Å²) in [5.41, 5.74) is 0. The second-order valence-electron chi connectivity index (χ2n) is 2.23. The Hall–Kier alpha value is -0.960. The van der Waals surface area contributed by atoms with E-state index in [9.17, 15) is 4.79 Å². The number of hydrogen-bond acceptors (Lipinski definition) is 3. The highest BCUT2D eigenvalue weighted by Gasteiger charge is 2.14. The molecule has 1 heterocycles. The van der Waals surface area contributed by atoms with E-state index in [4.69, 9.17) is 20.8 Å². The van der Waals surface area contributed by atoms with Crippen molar-refractivity contribution in [2.24, 2.45) is 0 Å². The standard InChI is InChI=1S/C8H9ClO3/c1-2-4-12-8(10)7-6(9)3-5-11-7/h3,5H,2,4H2,1H3. The highest BCUT2D eigenvalue weighted by atomic mass is 35.5. The van der Waals surface area contributed by atoms with E-state index in [1.807, 2.05) is 6.92 Å². The Bertz CT molecular complexity index is 267. The minimum Gasteiger partial charge on any atom is -0.460 e. The maximum absolute atomic E-state index is 11.1. The van der Waals surface area contributed by atoms with Crippen molar-refractivity contribution in [1.82, 2.24) is 0 Å². The van der Waals surface area contributed by atoms with Gasteiger partial charge in [-0.25, -0.2) is 4.79 Å². The van der Waals surface area contributed by atoms with Crippen LogP contribution in [0.3, 0.4) is 0 Å². The fourth-order valence-corrected chi connectivity index (χ4v) is 0.873. The van der Waals surface area contributed by atoms with Gasteiger partial charge in [0.25, 0.3) is 0 Å². The van der Waals surface area contributed by atoms with Crippen LogP contribution in [0.2, 0.25) is 5.02 Å². The second kappa shape index (κ2) is 4.16. The van der Waals surface area contributed by atoms with Crippen LogP contribution in [0, 0.1) is 0 Å². The van der Waals surface area contributed by atoms with E-state index in [1.54, 1.807) is 0 Å². The van der Waals surface area contributed by atoms with Crippen LogP contribution in [0.4, 0.5) is 0 Å². The normalized spacial score (nSPS) is 9.83. The van der Waals surface area contributed by atoms with Crippen molar-refractivity contribution < 1.29 is 13.9 Å². The largest absolute Gasteiger partial charge is 0.460 e. The summed E-state index contributed by atoms with van der Waals surface area (Å²) in [6.45, 7) is 2.30. The number of ether oxygens (including phenoxy) is 1. The SMILES string of the molecule is CCCOC(=O)c1occc1Cl. The average molecular weight is 189 g/mol. The van der Waals surface area contributed by atoms with Crippen molar-refractivity contribution in [2.75, 3.05) is 6.61 Å². The molecule has 1 aromatic rings. The van der Waals surface area contributed by atoms with Gasteiger partial charge in [0.2, 0.25) is 5.76 Å². The van der Waals surface area contributed by atoms with E-state index in [-0.39, 0.29) is 10.8 Å². The number of furan rings is 1. The van der Waals surface area contributed by atoms with Crippen LogP contribution in [0.15, 0.2) is 16.7 Å². The maximum atomic E-state index is 11.1. The molecule has 0 bridgehead atoms. The smallest absolute Gasteiger partial charge is 0.375 e. The maximum Gasteiger partial charge on any atom is 0.375 e. The molecule has 0 fully saturated rings. The molecule has 3 nitrogen and oxygen atoms in total. The quantitative estimate of drug-likeness (QED) is 0.685. The Morgan fingerprint density at radius 3 is 3.00 bits per heavy atom. The Balaban J connectivity index is 2.59. The third-order valence-corrected chi connectivity index (χ3v) is 1.54. The van der Waals surface area contributed by atoms with Gasteiger partial charge >= 0.3 is 5.97 Å². The van der Waals surface area contributed by atoms with Crippen molar-refractivity contribution in [2.45, 2.75) is 13.3 Å². The van der Waals surface area contributed by atoms with Gasteiger partial charge in [-0.1, -0.05) is 18.5 Å². The first kappa shape index (κ1) is 9.13. The lowest BCUT2D eigenvalue weighted by molar-refractivity contribution is 0.0469. The third kappa shape index (κ3) is 2.01. The highest BCUT2D eigenvalue weighted by Crippen LogP contribution is 2.17. The number of hydrogen-bond donors (Lipinski definition) is 0. The summed E-state index contributed by atoms with van der Waals surface area (Å²) in [5.74, 6) is -0.433. The van der Waals surface area contributed by atoms with Crippen LogP contribution >= 0.6 is 11.6 Å². The molecule has 0 saturated heterocycles. The van der Waals surface area contributed by atoms with Crippen LogP contribution in [-0.2, 0) is 4.74 Å². The lowest BCUT2D eigenvalue weighted by Gasteiger charge is -1.99. The number of carbonyl (C=O) groups excluding carboxylic acids is 1. The van der Waals surface area contributed by atoms with E-state index in [2.05, 4.69) is 0 Å². The van der Waals surface area contributed by atoms with Crippen molar-refractivity contribution in [3.05, 3.63) is 23.1 Å². The Kier molecular flexibility index (Phi) is 3.17. The Labute approximate surface area is 75.3 Å². The fourth-order valence-electron chi connectivity index (χ4n) is 0.700. The van der Waals surface area contributed by atoms with Gasteiger partial charge in [-0.05, 0) is 12.5 Å². The summed E-state index contributed by atoms with van der Waals surface area (Å²) >= 11 is 5.62. The van der Waals surface area contributed by atoms with Crippen LogP contribution in [0.1, 0.15) is 23.9 Å². The van der Waals surface area contributed by atoms with E-state index in [0.29, 0.717) is 6.61 Å². The van der Waals surface area contributed by atoms with Crippen molar-refractivity contribution in [3.63, 3.8) is 0 Å². The zero-order valence-electron chi connectivity index (χ0n) is 6.67. The summed E-state index contributed by atoms with van der Waals surface area (Å²) in [5, 5.41) is 0.288. The van der Waals surface area contributed by atoms with Gasteiger partial charge in [-0.15, -0.1) is 0 Å². The van der Waals surface area contributed by atoms with Crippen LogP contribution in [0.5, 0.6) is 0 Å². The molecule has 0 unspecified atom stereocenters. The molecule has 0 aliphatic rings. The number of esters is 1. The topological polar surface area (TPSA) is 39.4 Å². The van der Waals surface area contributed by atoms with Crippen LogP contribution < -0.4 is 0 Å². The lowest BCUT2D eigenvalue weighted by atomic mass is 10.4. The molecule has 0 radical (unpaired) electrons. The van der Waals surface area contributed by atoms with Gasteiger partial charge < -0.3 is 9.15 Å². The van der Waals surface area contributed by atoms with Crippen molar-refractivity contribution in [1.29, 1.82) is 0 Å². The summed E-state index contributed by atoms with van der Waals surface area (Å²) in [4.78, 5) is 11.1. The van der Waals surface area contributed by atoms with Gasteiger partial charge in [0, 0.05) is 0 Å². The predicted octanol–water partition coefficient (Wildman–Crippen LogP) is 2.50. The molecule has 0 amide bonds. The fraction of sp³-hybridized carbons (Fsp3) is 0.375. The summed E-state index contributed by atoms with van der Waals surface area (Å²) < 4.78 is 9.62. The lowest BCUT2D eigenvalue weighted by Crippen LogP contribution is -2.04. The molecule has 0 aliphatic heterocycles. The van der Waals surface area contributed by atoms with Gasteiger partial charge in [0.05, 0.1) is 17.9 Å². The molecule has 0 aromatic carbocycles. The van der Waals surface area contributed by atoms with E-state index < -0.39 is 5.97 Å². The Morgan fingerprint density at radius 1 is 1.75 bits per heavy atom. The first-order chi connectivity index (χ1) is 5.75. The van der Waals surface area contributed by atoms with Crippen LogP contribution in [-0.4, -0.2) is 12.6 Å². The molecule has 4 heteroatoms. The predicted molar refractivity (Wildman–Crippen MR) is 44.3 cm³/mol. The molecule has 0 atom stereocenters.